The first-order chi connectivity index (χ1) is 6.79. The minimum Gasteiger partial charge on any atom is -0.414 e. The van der Waals surface area contributed by atoms with Crippen LogP contribution < -0.4 is 10.9 Å². The Bertz CT molecular complexity index is 253. The molecule has 0 aliphatic rings. The first-order valence-electron chi connectivity index (χ1n) is 5.21. The van der Waals surface area contributed by atoms with E-state index in [1.807, 2.05) is 13.0 Å². The summed E-state index contributed by atoms with van der Waals surface area (Å²) in [7, 11) is -1.41. The Morgan fingerprint density at radius 1 is 1.29 bits per heavy atom. The Balaban J connectivity index is 2.77. The average Bonchev–Trinajstić information content (AvgIpc) is 2.26. The SMILES string of the molecule is CCO[SiH](c1ccccc1)C(N)CC. The van der Waals surface area contributed by atoms with Crippen LogP contribution in [-0.4, -0.2) is 21.3 Å². The van der Waals surface area contributed by atoms with E-state index in [0.717, 1.165) is 13.0 Å². The fraction of sp³-hybridized carbons (Fsp3) is 0.455. The number of hydrogen-bond donors (Lipinski definition) is 1. The summed E-state index contributed by atoms with van der Waals surface area (Å²) in [5.41, 5.74) is 6.29. The van der Waals surface area contributed by atoms with Crippen LogP contribution in [0.25, 0.3) is 0 Å². The zero-order valence-corrected chi connectivity index (χ0v) is 10.1. The number of nitrogens with two attached hydrogens (primary N) is 1. The van der Waals surface area contributed by atoms with Gasteiger partial charge in [0.2, 0.25) is 9.04 Å². The Hall–Kier alpha value is -0.643. The second-order valence-corrected chi connectivity index (χ2v) is 6.06. The molecule has 0 saturated heterocycles. The van der Waals surface area contributed by atoms with Gasteiger partial charge in [-0.15, -0.1) is 0 Å². The summed E-state index contributed by atoms with van der Waals surface area (Å²) in [5, 5.41) is 1.31. The van der Waals surface area contributed by atoms with Gasteiger partial charge in [-0.05, 0) is 18.5 Å². The zero-order valence-electron chi connectivity index (χ0n) is 8.94. The molecule has 0 fully saturated rings. The van der Waals surface area contributed by atoms with Gasteiger partial charge in [0.1, 0.15) is 0 Å². The van der Waals surface area contributed by atoms with Crippen LogP contribution in [0.4, 0.5) is 0 Å². The molecule has 0 amide bonds. The maximum atomic E-state index is 6.07. The number of hydrogen-bond acceptors (Lipinski definition) is 2. The van der Waals surface area contributed by atoms with E-state index in [9.17, 15) is 0 Å². The highest BCUT2D eigenvalue weighted by Crippen LogP contribution is 1.98. The molecule has 14 heavy (non-hydrogen) atoms. The first kappa shape index (κ1) is 11.4. The third-order valence-corrected chi connectivity index (χ3v) is 5.32. The van der Waals surface area contributed by atoms with Gasteiger partial charge in [-0.25, -0.2) is 0 Å². The van der Waals surface area contributed by atoms with Crippen LogP contribution >= 0.6 is 0 Å². The van der Waals surface area contributed by atoms with Crippen LogP contribution in [0.3, 0.4) is 0 Å². The van der Waals surface area contributed by atoms with Gasteiger partial charge >= 0.3 is 0 Å². The fourth-order valence-corrected chi connectivity index (χ4v) is 3.83. The van der Waals surface area contributed by atoms with Gasteiger partial charge in [-0.1, -0.05) is 37.3 Å². The van der Waals surface area contributed by atoms with E-state index in [2.05, 4.69) is 31.2 Å². The van der Waals surface area contributed by atoms with E-state index in [1.54, 1.807) is 0 Å². The van der Waals surface area contributed by atoms with Crippen molar-refractivity contribution in [3.8, 4) is 0 Å². The van der Waals surface area contributed by atoms with E-state index in [0.29, 0.717) is 0 Å². The zero-order chi connectivity index (χ0) is 10.4. The Morgan fingerprint density at radius 3 is 2.43 bits per heavy atom. The van der Waals surface area contributed by atoms with E-state index < -0.39 is 9.04 Å². The molecule has 3 heteroatoms. The largest absolute Gasteiger partial charge is 0.414 e. The molecule has 0 aromatic heterocycles. The van der Waals surface area contributed by atoms with Crippen molar-refractivity contribution in [1.29, 1.82) is 0 Å². The lowest BCUT2D eigenvalue weighted by atomic mass is 10.4. The van der Waals surface area contributed by atoms with Crippen LogP contribution in [-0.2, 0) is 4.43 Å². The Kier molecular flexibility index (Phi) is 4.86. The van der Waals surface area contributed by atoms with Crippen LogP contribution in [0, 0.1) is 0 Å². The lowest BCUT2D eigenvalue weighted by molar-refractivity contribution is 0.341. The van der Waals surface area contributed by atoms with Crippen molar-refractivity contribution >= 4 is 14.2 Å². The van der Waals surface area contributed by atoms with E-state index in [-0.39, 0.29) is 5.67 Å². The summed E-state index contributed by atoms with van der Waals surface area (Å²) < 4.78 is 5.79. The maximum Gasteiger partial charge on any atom is 0.224 e. The number of benzene rings is 1. The van der Waals surface area contributed by atoms with E-state index in [4.69, 9.17) is 10.2 Å². The van der Waals surface area contributed by atoms with E-state index >= 15 is 0 Å². The summed E-state index contributed by atoms with van der Waals surface area (Å²) in [6, 6.07) is 10.4. The average molecular weight is 209 g/mol. The standard InChI is InChI=1S/C11H19NOSi/c1-3-11(12)14(13-4-2)10-8-6-5-7-9-10/h5-9,11,14H,3-4,12H2,1-2H3. The van der Waals surface area contributed by atoms with Crippen molar-refractivity contribution in [2.24, 2.45) is 5.73 Å². The minimum absolute atomic E-state index is 0.220. The summed E-state index contributed by atoms with van der Waals surface area (Å²) in [6.45, 7) is 4.91. The highest BCUT2D eigenvalue weighted by Gasteiger charge is 2.20. The normalized spacial score (nSPS) is 15.1. The summed E-state index contributed by atoms with van der Waals surface area (Å²) >= 11 is 0. The molecule has 0 bridgehead atoms. The van der Waals surface area contributed by atoms with Crippen molar-refractivity contribution < 1.29 is 4.43 Å². The molecule has 0 aliphatic heterocycles. The molecule has 2 unspecified atom stereocenters. The van der Waals surface area contributed by atoms with Gasteiger partial charge in [-0.3, -0.25) is 0 Å². The molecule has 1 aromatic rings. The monoisotopic (exact) mass is 209 g/mol. The predicted octanol–water partition coefficient (Wildman–Crippen LogP) is 0.930. The molecule has 0 saturated carbocycles. The minimum atomic E-state index is -1.41. The van der Waals surface area contributed by atoms with Gasteiger partial charge in [-0.2, -0.15) is 0 Å². The maximum absolute atomic E-state index is 6.07. The molecule has 0 radical (unpaired) electrons. The van der Waals surface area contributed by atoms with Crippen molar-refractivity contribution in [2.75, 3.05) is 6.61 Å². The van der Waals surface area contributed by atoms with Crippen molar-refractivity contribution in [1.82, 2.24) is 0 Å². The second-order valence-electron chi connectivity index (χ2n) is 3.36. The lowest BCUT2D eigenvalue weighted by Crippen LogP contribution is -2.49. The molecule has 1 rings (SSSR count). The first-order valence-corrected chi connectivity index (χ1v) is 6.93. The quantitative estimate of drug-likeness (QED) is 0.732. The third-order valence-electron chi connectivity index (χ3n) is 2.33. The van der Waals surface area contributed by atoms with E-state index in [1.165, 1.54) is 5.19 Å². The second kappa shape index (κ2) is 5.96. The highest BCUT2D eigenvalue weighted by atomic mass is 28.3. The molecule has 2 atom stereocenters. The molecule has 2 N–H and O–H groups in total. The van der Waals surface area contributed by atoms with Gasteiger partial charge < -0.3 is 10.2 Å². The summed E-state index contributed by atoms with van der Waals surface area (Å²) in [4.78, 5) is 0. The molecule has 1 aromatic carbocycles. The fourth-order valence-electron chi connectivity index (χ4n) is 1.50. The van der Waals surface area contributed by atoms with Crippen molar-refractivity contribution in [3.05, 3.63) is 30.3 Å². The van der Waals surface area contributed by atoms with Crippen LogP contribution in [0.5, 0.6) is 0 Å². The smallest absolute Gasteiger partial charge is 0.224 e. The van der Waals surface area contributed by atoms with Gasteiger partial charge in [0.25, 0.3) is 0 Å². The summed E-state index contributed by atoms with van der Waals surface area (Å²) in [5.74, 6) is 0. The number of rotatable bonds is 5. The topological polar surface area (TPSA) is 35.2 Å². The molecular formula is C11H19NOSi. The van der Waals surface area contributed by atoms with Gasteiger partial charge in [0, 0.05) is 12.3 Å². The van der Waals surface area contributed by atoms with Crippen LogP contribution in [0.15, 0.2) is 30.3 Å². The van der Waals surface area contributed by atoms with Crippen molar-refractivity contribution in [3.63, 3.8) is 0 Å². The molecular weight excluding hydrogens is 190 g/mol. The third kappa shape index (κ3) is 2.94. The Morgan fingerprint density at radius 2 is 1.93 bits per heavy atom. The highest BCUT2D eigenvalue weighted by molar-refractivity contribution is 6.68. The predicted molar refractivity (Wildman–Crippen MR) is 63.1 cm³/mol. The van der Waals surface area contributed by atoms with Gasteiger partial charge in [0.15, 0.2) is 0 Å². The molecule has 78 valence electrons. The van der Waals surface area contributed by atoms with Gasteiger partial charge in [0.05, 0.1) is 0 Å². The molecule has 0 heterocycles. The molecule has 2 nitrogen and oxygen atoms in total. The van der Waals surface area contributed by atoms with Crippen molar-refractivity contribution in [2.45, 2.75) is 25.9 Å². The molecule has 0 spiro atoms. The van der Waals surface area contributed by atoms with Crippen LogP contribution in [0.2, 0.25) is 0 Å². The summed E-state index contributed by atoms with van der Waals surface area (Å²) in [6.07, 6.45) is 0.992. The Labute approximate surface area is 87.8 Å². The van der Waals surface area contributed by atoms with Crippen LogP contribution in [0.1, 0.15) is 20.3 Å². The lowest BCUT2D eigenvalue weighted by Gasteiger charge is -2.21. The molecule has 0 aliphatic carbocycles.